The van der Waals surface area contributed by atoms with Crippen LogP contribution in [0.3, 0.4) is 0 Å². The van der Waals surface area contributed by atoms with E-state index in [2.05, 4.69) is 20.4 Å². The van der Waals surface area contributed by atoms with Gasteiger partial charge in [0.15, 0.2) is 0 Å². The first-order valence-electron chi connectivity index (χ1n) is 6.50. The van der Waals surface area contributed by atoms with E-state index in [1.165, 1.54) is 7.11 Å². The molecule has 1 aliphatic rings. The normalized spacial score (nSPS) is 21.2. The van der Waals surface area contributed by atoms with E-state index < -0.39 is 6.04 Å². The molecule has 4 heteroatoms. The Morgan fingerprint density at radius 3 is 2.78 bits per heavy atom. The molecule has 1 aliphatic heterocycles. The third-order valence-electron chi connectivity index (χ3n) is 3.35. The molecule has 1 amide bonds. The molecule has 1 saturated heterocycles. The lowest BCUT2D eigenvalue weighted by Crippen LogP contribution is -2.43. The summed E-state index contributed by atoms with van der Waals surface area (Å²) >= 11 is 0. The number of esters is 1. The number of amides is 1. The van der Waals surface area contributed by atoms with Crippen LogP contribution in [-0.4, -0.2) is 36.5 Å². The first kappa shape index (κ1) is 14.7. The van der Waals surface area contributed by atoms with Gasteiger partial charge in [0, 0.05) is 12.5 Å². The van der Waals surface area contributed by atoms with Gasteiger partial charge in [-0.3, -0.25) is 4.79 Å². The highest BCUT2D eigenvalue weighted by atomic mass is 16.5. The first-order valence-corrected chi connectivity index (χ1v) is 6.50. The fraction of sp³-hybridized carbons (Fsp3) is 0.714. The van der Waals surface area contributed by atoms with Crippen molar-refractivity contribution >= 4 is 11.9 Å². The standard InChI is InChI=1S/C14H23NO3/c1-5-6-12(14(17)18-4)15-8-7-11(13(15)16)9-10(2)3/h5,10-12H,1,6-9H2,2-4H3. The fourth-order valence-corrected chi connectivity index (χ4v) is 2.50. The molecular formula is C14H23NO3. The second-order valence-electron chi connectivity index (χ2n) is 5.21. The average Bonchev–Trinajstić information content (AvgIpc) is 2.66. The van der Waals surface area contributed by atoms with Gasteiger partial charge >= 0.3 is 5.97 Å². The molecule has 1 fully saturated rings. The number of ether oxygens (including phenoxy) is 1. The summed E-state index contributed by atoms with van der Waals surface area (Å²) in [5.74, 6) is 0.284. The maximum absolute atomic E-state index is 12.3. The monoisotopic (exact) mass is 253 g/mol. The molecule has 0 N–H and O–H groups in total. The molecule has 0 bridgehead atoms. The SMILES string of the molecule is C=CCC(C(=O)OC)N1CCC(CC(C)C)C1=O. The summed E-state index contributed by atoms with van der Waals surface area (Å²) < 4.78 is 4.76. The molecule has 4 nitrogen and oxygen atoms in total. The van der Waals surface area contributed by atoms with E-state index in [0.717, 1.165) is 12.8 Å². The Morgan fingerprint density at radius 1 is 1.61 bits per heavy atom. The van der Waals surface area contributed by atoms with Gasteiger partial charge in [-0.25, -0.2) is 4.79 Å². The van der Waals surface area contributed by atoms with Crippen LogP contribution in [0, 0.1) is 11.8 Å². The molecule has 1 heterocycles. The Kier molecular flexibility index (Phi) is 5.38. The zero-order valence-corrected chi connectivity index (χ0v) is 11.5. The number of rotatable bonds is 6. The maximum Gasteiger partial charge on any atom is 0.328 e. The van der Waals surface area contributed by atoms with Gasteiger partial charge in [0.05, 0.1) is 7.11 Å². The van der Waals surface area contributed by atoms with E-state index in [1.54, 1.807) is 11.0 Å². The topological polar surface area (TPSA) is 46.6 Å². The smallest absolute Gasteiger partial charge is 0.328 e. The zero-order valence-electron chi connectivity index (χ0n) is 11.5. The number of hydrogen-bond donors (Lipinski definition) is 0. The summed E-state index contributed by atoms with van der Waals surface area (Å²) in [4.78, 5) is 25.6. The number of likely N-dealkylation sites (tertiary alicyclic amines) is 1. The van der Waals surface area contributed by atoms with Gasteiger partial charge in [0.2, 0.25) is 5.91 Å². The van der Waals surface area contributed by atoms with E-state index in [-0.39, 0.29) is 17.8 Å². The molecule has 1 rings (SSSR count). The highest BCUT2D eigenvalue weighted by Crippen LogP contribution is 2.27. The molecule has 0 aliphatic carbocycles. The van der Waals surface area contributed by atoms with Gasteiger partial charge < -0.3 is 9.64 Å². The molecule has 102 valence electrons. The van der Waals surface area contributed by atoms with E-state index in [1.807, 2.05) is 0 Å². The van der Waals surface area contributed by atoms with Gasteiger partial charge in [-0.05, 0) is 25.2 Å². The molecular weight excluding hydrogens is 230 g/mol. The van der Waals surface area contributed by atoms with Crippen LogP contribution in [0.15, 0.2) is 12.7 Å². The zero-order chi connectivity index (χ0) is 13.7. The average molecular weight is 253 g/mol. The summed E-state index contributed by atoms with van der Waals surface area (Å²) in [7, 11) is 1.35. The highest BCUT2D eigenvalue weighted by Gasteiger charge is 2.38. The van der Waals surface area contributed by atoms with Crippen LogP contribution in [-0.2, 0) is 14.3 Å². The second-order valence-corrected chi connectivity index (χ2v) is 5.21. The molecule has 0 spiro atoms. The predicted octanol–water partition coefficient (Wildman–Crippen LogP) is 2.00. The summed E-state index contributed by atoms with van der Waals surface area (Å²) in [6, 6.07) is -0.503. The van der Waals surface area contributed by atoms with Crippen LogP contribution in [0.2, 0.25) is 0 Å². The molecule has 0 aromatic rings. The molecule has 0 radical (unpaired) electrons. The lowest BCUT2D eigenvalue weighted by molar-refractivity contribution is -0.151. The quantitative estimate of drug-likeness (QED) is 0.537. The van der Waals surface area contributed by atoms with Crippen molar-refractivity contribution in [2.45, 2.75) is 39.2 Å². The summed E-state index contributed by atoms with van der Waals surface area (Å²) in [6.07, 6.45) is 3.83. The third kappa shape index (κ3) is 3.34. The molecule has 0 saturated carbocycles. The van der Waals surface area contributed by atoms with Gasteiger partial charge in [-0.15, -0.1) is 6.58 Å². The largest absolute Gasteiger partial charge is 0.467 e. The van der Waals surface area contributed by atoms with Gasteiger partial charge in [-0.1, -0.05) is 19.9 Å². The van der Waals surface area contributed by atoms with Crippen molar-refractivity contribution in [1.82, 2.24) is 4.90 Å². The van der Waals surface area contributed by atoms with Gasteiger partial charge in [0.1, 0.15) is 6.04 Å². The van der Waals surface area contributed by atoms with Crippen molar-refractivity contribution in [2.24, 2.45) is 11.8 Å². The van der Waals surface area contributed by atoms with E-state index in [9.17, 15) is 9.59 Å². The van der Waals surface area contributed by atoms with Crippen LogP contribution < -0.4 is 0 Å². The van der Waals surface area contributed by atoms with Crippen LogP contribution in [0.25, 0.3) is 0 Å². The Bertz CT molecular complexity index is 325. The van der Waals surface area contributed by atoms with Crippen molar-refractivity contribution in [3.05, 3.63) is 12.7 Å². The minimum Gasteiger partial charge on any atom is -0.467 e. The van der Waals surface area contributed by atoms with E-state index >= 15 is 0 Å². The number of hydrogen-bond acceptors (Lipinski definition) is 3. The number of carbonyl (C=O) groups excluding carboxylic acids is 2. The Hall–Kier alpha value is -1.32. The Morgan fingerprint density at radius 2 is 2.28 bits per heavy atom. The molecule has 2 unspecified atom stereocenters. The molecule has 0 aromatic heterocycles. The molecule has 18 heavy (non-hydrogen) atoms. The Labute approximate surface area is 109 Å². The van der Waals surface area contributed by atoms with Crippen LogP contribution >= 0.6 is 0 Å². The summed E-state index contributed by atoms with van der Waals surface area (Å²) in [5.41, 5.74) is 0. The predicted molar refractivity (Wildman–Crippen MR) is 69.9 cm³/mol. The van der Waals surface area contributed by atoms with Gasteiger partial charge in [-0.2, -0.15) is 0 Å². The van der Waals surface area contributed by atoms with Crippen LogP contribution in [0.5, 0.6) is 0 Å². The van der Waals surface area contributed by atoms with E-state index in [4.69, 9.17) is 4.74 Å². The molecule has 0 aromatic carbocycles. The van der Waals surface area contributed by atoms with Crippen molar-refractivity contribution in [2.75, 3.05) is 13.7 Å². The number of nitrogens with zero attached hydrogens (tertiary/aromatic N) is 1. The lowest BCUT2D eigenvalue weighted by atomic mass is 9.96. The maximum atomic E-state index is 12.3. The fourth-order valence-electron chi connectivity index (χ4n) is 2.50. The lowest BCUT2D eigenvalue weighted by Gasteiger charge is -2.25. The second kappa shape index (κ2) is 6.57. The number of carbonyl (C=O) groups is 2. The molecule has 2 atom stereocenters. The van der Waals surface area contributed by atoms with Crippen molar-refractivity contribution in [3.63, 3.8) is 0 Å². The number of methoxy groups -OCH3 is 1. The summed E-state index contributed by atoms with van der Waals surface area (Å²) in [6.45, 7) is 8.50. The van der Waals surface area contributed by atoms with Gasteiger partial charge in [0.25, 0.3) is 0 Å². The Balaban J connectivity index is 2.73. The van der Waals surface area contributed by atoms with Crippen LogP contribution in [0.1, 0.15) is 33.1 Å². The van der Waals surface area contributed by atoms with Crippen molar-refractivity contribution in [3.8, 4) is 0 Å². The first-order chi connectivity index (χ1) is 8.51. The summed E-state index contributed by atoms with van der Waals surface area (Å²) in [5, 5.41) is 0. The third-order valence-corrected chi connectivity index (χ3v) is 3.35. The minimum absolute atomic E-state index is 0.0574. The van der Waals surface area contributed by atoms with E-state index in [0.29, 0.717) is 18.9 Å². The van der Waals surface area contributed by atoms with Crippen molar-refractivity contribution < 1.29 is 14.3 Å². The van der Waals surface area contributed by atoms with Crippen molar-refractivity contribution in [1.29, 1.82) is 0 Å². The minimum atomic E-state index is -0.503. The van der Waals surface area contributed by atoms with Crippen LogP contribution in [0.4, 0.5) is 0 Å². The highest BCUT2D eigenvalue weighted by molar-refractivity contribution is 5.87.